The van der Waals surface area contributed by atoms with Crippen molar-refractivity contribution in [3.8, 4) is 5.75 Å². The lowest BCUT2D eigenvalue weighted by atomic mass is 9.84. The first-order valence-electron chi connectivity index (χ1n) is 7.98. The summed E-state index contributed by atoms with van der Waals surface area (Å²) in [5, 5.41) is -0.235. The fourth-order valence-corrected chi connectivity index (χ4v) is 7.08. The number of hydrogen-bond acceptors (Lipinski definition) is 3. The molecule has 2 amide bonds. The molecule has 0 radical (unpaired) electrons. The van der Waals surface area contributed by atoms with Crippen molar-refractivity contribution in [2.45, 2.75) is 21.0 Å². The molecule has 27 heavy (non-hydrogen) atoms. The topological polar surface area (TPSA) is 46.6 Å². The van der Waals surface area contributed by atoms with E-state index in [1.54, 1.807) is 31.2 Å². The SMILES string of the molecule is CCOc1ccccc1N1C(=O)[C@H]2[C@H](C1=O)[C@@]1(Cl)C(Cl)=C(Cl)[C@@]2(Cl)C1(Cl)Cl. The second-order valence-corrected chi connectivity index (χ2v) is 9.77. The molecule has 1 aromatic carbocycles. The molecule has 0 spiro atoms. The Bertz CT molecular complexity index is 872. The molecule has 3 aliphatic rings. The molecular weight excluding hydrogens is 479 g/mol. The highest BCUT2D eigenvalue weighted by atomic mass is 35.5. The van der Waals surface area contributed by atoms with E-state index in [9.17, 15) is 9.59 Å². The van der Waals surface area contributed by atoms with Crippen LogP contribution in [0.1, 0.15) is 6.92 Å². The first-order valence-corrected chi connectivity index (χ1v) is 10.2. The molecule has 10 heteroatoms. The number of benzene rings is 1. The van der Waals surface area contributed by atoms with Crippen molar-refractivity contribution in [3.63, 3.8) is 0 Å². The Morgan fingerprint density at radius 2 is 1.44 bits per heavy atom. The van der Waals surface area contributed by atoms with Crippen molar-refractivity contribution in [2.75, 3.05) is 11.5 Å². The van der Waals surface area contributed by atoms with Gasteiger partial charge >= 0.3 is 0 Å². The largest absolute Gasteiger partial charge is 0.492 e. The van der Waals surface area contributed by atoms with E-state index in [0.29, 0.717) is 12.4 Å². The van der Waals surface area contributed by atoms with Gasteiger partial charge in [-0.2, -0.15) is 0 Å². The summed E-state index contributed by atoms with van der Waals surface area (Å²) >= 11 is 38.8. The van der Waals surface area contributed by atoms with Crippen LogP contribution >= 0.6 is 69.6 Å². The molecule has 4 nitrogen and oxygen atoms in total. The third-order valence-corrected chi connectivity index (χ3v) is 9.57. The van der Waals surface area contributed by atoms with Gasteiger partial charge in [-0.1, -0.05) is 58.5 Å². The van der Waals surface area contributed by atoms with Gasteiger partial charge in [0, 0.05) is 0 Å². The first-order chi connectivity index (χ1) is 12.6. The van der Waals surface area contributed by atoms with E-state index in [0.717, 1.165) is 4.90 Å². The van der Waals surface area contributed by atoms with Gasteiger partial charge < -0.3 is 4.74 Å². The molecule has 0 N–H and O–H groups in total. The molecule has 1 aromatic rings. The van der Waals surface area contributed by atoms with Crippen LogP contribution in [0, 0.1) is 11.8 Å². The maximum Gasteiger partial charge on any atom is 0.240 e. The van der Waals surface area contributed by atoms with Crippen LogP contribution in [-0.4, -0.2) is 32.5 Å². The van der Waals surface area contributed by atoms with E-state index < -0.39 is 37.7 Å². The minimum atomic E-state index is -1.94. The highest BCUT2D eigenvalue weighted by molar-refractivity contribution is 6.67. The Hall–Kier alpha value is -0.360. The Balaban J connectivity index is 1.89. The fraction of sp³-hybridized carbons (Fsp3) is 0.412. The average Bonchev–Trinajstić information content (AvgIpc) is 3.00. The number of carbonyl (C=O) groups excluding carboxylic acids is 2. The smallest absolute Gasteiger partial charge is 0.240 e. The molecule has 2 aliphatic carbocycles. The molecule has 1 saturated carbocycles. The van der Waals surface area contributed by atoms with Gasteiger partial charge in [0.05, 0.1) is 34.2 Å². The van der Waals surface area contributed by atoms with E-state index in [1.165, 1.54) is 0 Å². The summed E-state index contributed by atoms with van der Waals surface area (Å²) in [6.45, 7) is 2.14. The summed E-state index contributed by atoms with van der Waals surface area (Å²) < 4.78 is 3.60. The van der Waals surface area contributed by atoms with E-state index in [2.05, 4.69) is 0 Å². The van der Waals surface area contributed by atoms with Crippen LogP contribution in [0.3, 0.4) is 0 Å². The number of anilines is 1. The van der Waals surface area contributed by atoms with Crippen LogP contribution in [0.15, 0.2) is 34.3 Å². The number of halogens is 6. The lowest BCUT2D eigenvalue weighted by Gasteiger charge is -2.34. The highest BCUT2D eigenvalue weighted by Gasteiger charge is 2.87. The van der Waals surface area contributed by atoms with Crippen molar-refractivity contribution >= 4 is 87.1 Å². The Labute approximate surface area is 185 Å². The number of imide groups is 1. The fourth-order valence-electron chi connectivity index (χ4n) is 4.15. The molecule has 2 fully saturated rings. The zero-order valence-corrected chi connectivity index (χ0v) is 18.1. The van der Waals surface area contributed by atoms with Gasteiger partial charge in [-0.25, -0.2) is 4.90 Å². The summed E-state index contributed by atoms with van der Waals surface area (Å²) in [5.41, 5.74) is 0.283. The number of para-hydroxylation sites is 2. The number of carbonyl (C=O) groups is 2. The lowest BCUT2D eigenvalue weighted by molar-refractivity contribution is -0.123. The van der Waals surface area contributed by atoms with E-state index in [-0.39, 0.29) is 15.8 Å². The number of ether oxygens (including phenoxy) is 1. The quantitative estimate of drug-likeness (QED) is 0.441. The van der Waals surface area contributed by atoms with Crippen LogP contribution in [0.2, 0.25) is 0 Å². The van der Waals surface area contributed by atoms with Gasteiger partial charge in [-0.15, -0.1) is 23.2 Å². The number of nitrogens with zero attached hydrogens (tertiary/aromatic N) is 1. The summed E-state index contributed by atoms with van der Waals surface area (Å²) in [6.07, 6.45) is 0. The predicted molar refractivity (Wildman–Crippen MR) is 107 cm³/mol. The minimum absolute atomic E-state index is 0.117. The predicted octanol–water partition coefficient (Wildman–Crippen LogP) is 5.04. The number of rotatable bonds is 3. The summed E-state index contributed by atoms with van der Waals surface area (Å²) in [4.78, 5) is 24.0. The Kier molecular flexibility index (Phi) is 4.48. The molecule has 4 rings (SSSR count). The molecule has 1 aliphatic heterocycles. The van der Waals surface area contributed by atoms with Crippen LogP contribution in [0.4, 0.5) is 5.69 Å². The third kappa shape index (κ3) is 2.05. The van der Waals surface area contributed by atoms with Crippen molar-refractivity contribution in [3.05, 3.63) is 34.3 Å². The van der Waals surface area contributed by atoms with Crippen molar-refractivity contribution < 1.29 is 14.3 Å². The Morgan fingerprint density at radius 3 is 1.93 bits per heavy atom. The van der Waals surface area contributed by atoms with Gasteiger partial charge in [-0.05, 0) is 19.1 Å². The molecule has 0 aromatic heterocycles. The monoisotopic (exact) mass is 487 g/mol. The molecule has 0 unspecified atom stereocenters. The lowest BCUT2D eigenvalue weighted by Crippen LogP contribution is -2.50. The summed E-state index contributed by atoms with van der Waals surface area (Å²) in [7, 11) is 0. The van der Waals surface area contributed by atoms with Crippen molar-refractivity contribution in [1.82, 2.24) is 0 Å². The highest BCUT2D eigenvalue weighted by Crippen LogP contribution is 2.77. The second kappa shape index (κ2) is 6.07. The minimum Gasteiger partial charge on any atom is -0.492 e. The van der Waals surface area contributed by atoms with Crippen LogP contribution in [0.5, 0.6) is 5.75 Å². The summed E-state index contributed by atoms with van der Waals surface area (Å²) in [6, 6.07) is 6.66. The molecule has 1 saturated heterocycles. The van der Waals surface area contributed by atoms with Crippen LogP contribution in [-0.2, 0) is 9.59 Å². The first kappa shape index (κ1) is 19.9. The summed E-state index contributed by atoms with van der Waals surface area (Å²) in [5.74, 6) is -3.17. The number of alkyl halides is 4. The number of amides is 2. The molecule has 1 heterocycles. The Morgan fingerprint density at radius 1 is 0.963 bits per heavy atom. The average molecular weight is 490 g/mol. The van der Waals surface area contributed by atoms with Gasteiger partial charge in [-0.3, -0.25) is 9.59 Å². The molecule has 4 atom stereocenters. The molecule has 144 valence electrons. The standard InChI is InChI=1S/C17H11Cl6NO3/c1-2-27-8-6-4-3-5-7(8)24-13(25)9-10(14(24)26)16(21)12(19)11(18)15(9,20)17(16,22)23/h3-6,9-10H,2H2,1H3/t9-,10-,15-,16-/m1/s1. The number of fused-ring (bicyclic) bond motifs is 5. The number of hydrogen-bond donors (Lipinski definition) is 0. The maximum atomic E-state index is 13.3. The molecular formula is C17H11Cl6NO3. The van der Waals surface area contributed by atoms with E-state index in [4.69, 9.17) is 74.3 Å². The van der Waals surface area contributed by atoms with Crippen LogP contribution < -0.4 is 9.64 Å². The molecule has 2 bridgehead atoms. The second-order valence-electron chi connectivity index (χ2n) is 6.49. The maximum absolute atomic E-state index is 13.3. The van der Waals surface area contributed by atoms with Gasteiger partial charge in [0.25, 0.3) is 0 Å². The normalized spacial score (nSPS) is 36.6. The zero-order valence-electron chi connectivity index (χ0n) is 13.6. The number of allylic oxidation sites excluding steroid dienone is 2. The van der Waals surface area contributed by atoms with E-state index >= 15 is 0 Å². The van der Waals surface area contributed by atoms with Crippen molar-refractivity contribution in [1.29, 1.82) is 0 Å². The van der Waals surface area contributed by atoms with Gasteiger partial charge in [0.2, 0.25) is 11.8 Å². The third-order valence-electron chi connectivity index (χ3n) is 5.31. The van der Waals surface area contributed by atoms with Gasteiger partial charge in [0.1, 0.15) is 15.5 Å². The van der Waals surface area contributed by atoms with Crippen LogP contribution in [0.25, 0.3) is 0 Å². The van der Waals surface area contributed by atoms with Crippen molar-refractivity contribution in [2.24, 2.45) is 11.8 Å². The van der Waals surface area contributed by atoms with Gasteiger partial charge in [0.15, 0.2) is 4.33 Å². The zero-order chi connectivity index (χ0) is 19.9. The van der Waals surface area contributed by atoms with E-state index in [1.807, 2.05) is 0 Å².